The molecule has 0 unspecified atom stereocenters. The monoisotopic (exact) mass is 232 g/mol. The van der Waals surface area contributed by atoms with Gasteiger partial charge in [-0.05, 0) is 42.8 Å². The number of nitrogens with zero attached hydrogens (tertiary/aromatic N) is 2. The molecule has 0 spiro atoms. The van der Waals surface area contributed by atoms with Gasteiger partial charge in [0.25, 0.3) is 0 Å². The average molecular weight is 233 g/mol. The number of hydrazone groups is 1. The minimum atomic E-state index is -0.0435. The molecule has 68 valence electrons. The predicted molar refractivity (Wildman–Crippen MR) is 53.5 cm³/mol. The molecule has 0 atom stereocenters. The number of rotatable bonds is 0. The van der Waals surface area contributed by atoms with Gasteiger partial charge in [-0.15, -0.1) is 5.10 Å². The van der Waals surface area contributed by atoms with Gasteiger partial charge in [-0.1, -0.05) is 0 Å². The van der Waals surface area contributed by atoms with Gasteiger partial charge in [-0.25, -0.2) is 0 Å². The van der Waals surface area contributed by atoms with E-state index < -0.39 is 0 Å². The number of aliphatic hydroxyl groups excluding tert-OH is 1. The first kappa shape index (κ1) is 9.58. The van der Waals surface area contributed by atoms with Crippen LogP contribution in [0, 0.1) is 0 Å². The van der Waals surface area contributed by atoms with Crippen molar-refractivity contribution < 1.29 is 5.11 Å². The van der Waals surface area contributed by atoms with Gasteiger partial charge in [0, 0.05) is 5.54 Å². The first-order valence-corrected chi connectivity index (χ1v) is 4.62. The highest BCUT2D eigenvalue weighted by Crippen LogP contribution is 2.20. The van der Waals surface area contributed by atoms with Crippen molar-refractivity contribution >= 4 is 21.8 Å². The summed E-state index contributed by atoms with van der Waals surface area (Å²) < 4.78 is 0.669. The summed E-state index contributed by atoms with van der Waals surface area (Å²) in [5.74, 6) is 0.0520. The molecule has 0 aromatic heterocycles. The summed E-state index contributed by atoms with van der Waals surface area (Å²) in [7, 11) is 0. The Morgan fingerprint density at radius 3 is 2.58 bits per heavy atom. The maximum absolute atomic E-state index is 9.30. The highest BCUT2D eigenvalue weighted by atomic mass is 79.9. The Kier molecular flexibility index (Phi) is 2.46. The van der Waals surface area contributed by atoms with Gasteiger partial charge in [0.05, 0.1) is 11.0 Å². The Bertz CT molecular complexity index is 240. The SMILES string of the molecule is CC(C)(C)N1CC=C(Br)C(O)=N1. The van der Waals surface area contributed by atoms with Crippen LogP contribution in [0.1, 0.15) is 20.8 Å². The summed E-state index contributed by atoms with van der Waals surface area (Å²) in [5, 5.41) is 15.2. The number of hydrogen-bond donors (Lipinski definition) is 1. The smallest absolute Gasteiger partial charge is 0.242 e. The molecule has 1 aliphatic rings. The summed E-state index contributed by atoms with van der Waals surface area (Å²) >= 11 is 3.20. The molecule has 1 aliphatic heterocycles. The second kappa shape index (κ2) is 3.09. The van der Waals surface area contributed by atoms with E-state index >= 15 is 0 Å². The van der Waals surface area contributed by atoms with E-state index in [9.17, 15) is 5.11 Å². The zero-order valence-electron chi connectivity index (χ0n) is 7.50. The highest BCUT2D eigenvalue weighted by Gasteiger charge is 2.22. The molecule has 1 heterocycles. The van der Waals surface area contributed by atoms with Crippen molar-refractivity contribution in [3.63, 3.8) is 0 Å². The van der Waals surface area contributed by atoms with Crippen LogP contribution in [-0.4, -0.2) is 28.1 Å². The Labute approximate surface area is 80.9 Å². The molecule has 4 heteroatoms. The van der Waals surface area contributed by atoms with E-state index in [0.29, 0.717) is 4.48 Å². The largest absolute Gasteiger partial charge is 0.491 e. The third-order valence-corrected chi connectivity index (χ3v) is 2.33. The van der Waals surface area contributed by atoms with Gasteiger partial charge in [-0.2, -0.15) is 0 Å². The lowest BCUT2D eigenvalue weighted by molar-refractivity contribution is 0.154. The summed E-state index contributed by atoms with van der Waals surface area (Å²) in [6, 6.07) is 0. The van der Waals surface area contributed by atoms with E-state index in [1.165, 1.54) is 0 Å². The summed E-state index contributed by atoms with van der Waals surface area (Å²) in [4.78, 5) is 0. The van der Waals surface area contributed by atoms with Crippen LogP contribution in [0.25, 0.3) is 0 Å². The molecule has 3 nitrogen and oxygen atoms in total. The molecule has 0 radical (unpaired) electrons. The lowest BCUT2D eigenvalue weighted by Crippen LogP contribution is -2.39. The first-order valence-electron chi connectivity index (χ1n) is 3.82. The molecule has 0 aliphatic carbocycles. The van der Waals surface area contributed by atoms with Crippen molar-refractivity contribution in [3.8, 4) is 0 Å². The minimum Gasteiger partial charge on any atom is -0.491 e. The molecule has 0 saturated carbocycles. The molecule has 0 fully saturated rings. The Morgan fingerprint density at radius 1 is 1.58 bits per heavy atom. The van der Waals surface area contributed by atoms with Crippen LogP contribution in [-0.2, 0) is 0 Å². The maximum atomic E-state index is 9.30. The average Bonchev–Trinajstić information content (AvgIpc) is 1.92. The highest BCUT2D eigenvalue weighted by molar-refractivity contribution is 9.12. The number of halogens is 1. The molecular formula is C8H13BrN2O. The van der Waals surface area contributed by atoms with Gasteiger partial charge in [0.2, 0.25) is 5.90 Å². The Hall–Kier alpha value is -0.510. The van der Waals surface area contributed by atoms with Crippen LogP contribution in [0.15, 0.2) is 15.7 Å². The topological polar surface area (TPSA) is 35.8 Å². The fraction of sp³-hybridized carbons (Fsp3) is 0.625. The van der Waals surface area contributed by atoms with E-state index in [2.05, 4.69) is 41.8 Å². The lowest BCUT2D eigenvalue weighted by atomic mass is 10.1. The van der Waals surface area contributed by atoms with Gasteiger partial charge in [0.1, 0.15) is 0 Å². The maximum Gasteiger partial charge on any atom is 0.242 e. The van der Waals surface area contributed by atoms with Gasteiger partial charge >= 0.3 is 0 Å². The molecular weight excluding hydrogens is 220 g/mol. The molecule has 0 bridgehead atoms. The zero-order valence-corrected chi connectivity index (χ0v) is 9.09. The zero-order chi connectivity index (χ0) is 9.35. The first-order chi connectivity index (χ1) is 5.41. The van der Waals surface area contributed by atoms with Crippen LogP contribution in [0.5, 0.6) is 0 Å². The molecule has 0 aromatic rings. The van der Waals surface area contributed by atoms with Crippen LogP contribution in [0.2, 0.25) is 0 Å². The number of aliphatic hydroxyl groups is 1. The van der Waals surface area contributed by atoms with E-state index in [1.807, 2.05) is 11.1 Å². The van der Waals surface area contributed by atoms with E-state index in [1.54, 1.807) is 0 Å². The van der Waals surface area contributed by atoms with Crippen molar-refractivity contribution in [2.45, 2.75) is 26.3 Å². The lowest BCUT2D eigenvalue weighted by Gasteiger charge is -2.33. The van der Waals surface area contributed by atoms with Gasteiger partial charge in [0.15, 0.2) is 0 Å². The Balaban J connectivity index is 2.79. The van der Waals surface area contributed by atoms with Crippen LogP contribution >= 0.6 is 15.9 Å². The van der Waals surface area contributed by atoms with E-state index in [4.69, 9.17) is 0 Å². The fourth-order valence-electron chi connectivity index (χ4n) is 0.885. The molecule has 1 N–H and O–H groups in total. The minimum absolute atomic E-state index is 0.0435. The number of hydrogen-bond acceptors (Lipinski definition) is 2. The summed E-state index contributed by atoms with van der Waals surface area (Å²) in [6.45, 7) is 6.89. The molecule has 12 heavy (non-hydrogen) atoms. The second-order valence-corrected chi connectivity index (χ2v) is 4.58. The summed E-state index contributed by atoms with van der Waals surface area (Å²) in [6.07, 6.45) is 1.90. The van der Waals surface area contributed by atoms with E-state index in [0.717, 1.165) is 6.54 Å². The Morgan fingerprint density at radius 2 is 2.17 bits per heavy atom. The van der Waals surface area contributed by atoms with Crippen LogP contribution < -0.4 is 0 Å². The third-order valence-electron chi connectivity index (χ3n) is 1.65. The molecule has 1 rings (SSSR count). The third kappa shape index (κ3) is 2.00. The molecule has 0 amide bonds. The normalized spacial score (nSPS) is 18.8. The fourth-order valence-corrected chi connectivity index (χ4v) is 1.11. The predicted octanol–water partition coefficient (Wildman–Crippen LogP) is 2.25. The van der Waals surface area contributed by atoms with Crippen molar-refractivity contribution in [2.75, 3.05) is 6.54 Å². The van der Waals surface area contributed by atoms with E-state index in [-0.39, 0.29) is 11.4 Å². The van der Waals surface area contributed by atoms with Gasteiger partial charge in [-0.3, -0.25) is 5.01 Å². The van der Waals surface area contributed by atoms with Crippen LogP contribution in [0.3, 0.4) is 0 Å². The quantitative estimate of drug-likeness (QED) is 0.696. The van der Waals surface area contributed by atoms with Crippen molar-refractivity contribution in [1.82, 2.24) is 5.01 Å². The standard InChI is InChI=1S/C8H13BrN2O/c1-8(2,3)11-5-4-6(9)7(12)10-11/h4H,5H2,1-3H3,(H,10,12). The second-order valence-electron chi connectivity index (χ2n) is 3.73. The van der Waals surface area contributed by atoms with Crippen molar-refractivity contribution in [3.05, 3.63) is 10.6 Å². The molecule has 0 aromatic carbocycles. The van der Waals surface area contributed by atoms with Gasteiger partial charge < -0.3 is 5.11 Å². The molecule has 0 saturated heterocycles. The van der Waals surface area contributed by atoms with Crippen LogP contribution in [0.4, 0.5) is 0 Å². The summed E-state index contributed by atoms with van der Waals surface area (Å²) in [5.41, 5.74) is -0.0435. The van der Waals surface area contributed by atoms with Crippen molar-refractivity contribution in [2.24, 2.45) is 5.10 Å². The van der Waals surface area contributed by atoms with Crippen molar-refractivity contribution in [1.29, 1.82) is 0 Å².